The molecule has 7 nitrogen and oxygen atoms in total. The Morgan fingerprint density at radius 2 is 1.58 bits per heavy atom. The van der Waals surface area contributed by atoms with Gasteiger partial charge in [-0.25, -0.2) is 4.79 Å². The van der Waals surface area contributed by atoms with Crippen LogP contribution in [0.2, 0.25) is 0 Å². The maximum Gasteiger partial charge on any atom is 0.317 e. The lowest BCUT2D eigenvalue weighted by Crippen LogP contribution is -2.61. The van der Waals surface area contributed by atoms with Crippen LogP contribution in [0.4, 0.5) is 4.79 Å². The first kappa shape index (κ1) is 27.2. The van der Waals surface area contributed by atoms with E-state index in [1.54, 1.807) is 4.90 Å². The van der Waals surface area contributed by atoms with E-state index in [2.05, 4.69) is 17.6 Å². The zero-order chi connectivity index (χ0) is 23.4. The van der Waals surface area contributed by atoms with Gasteiger partial charge in [0.05, 0.1) is 0 Å². The van der Waals surface area contributed by atoms with Crippen LogP contribution in [-0.2, 0) is 9.59 Å². The summed E-state index contributed by atoms with van der Waals surface area (Å²) in [5.41, 5.74) is 0. The summed E-state index contributed by atoms with van der Waals surface area (Å²) in [4.78, 5) is 41.8. The summed E-state index contributed by atoms with van der Waals surface area (Å²) < 4.78 is 0. The number of urea groups is 1. The second kappa shape index (κ2) is 14.3. The van der Waals surface area contributed by atoms with Crippen LogP contribution in [0.15, 0.2) is 0 Å². The molecule has 1 rings (SSSR count). The average Bonchev–Trinajstić information content (AvgIpc) is 2.72. The lowest BCUT2D eigenvalue weighted by Gasteiger charge is -2.41. The number of hydrogen-bond acceptors (Lipinski definition) is 3. The number of carbonyl (C=O) groups is 3. The molecular formula is C24H46N4O3. The Hall–Kier alpha value is -1.79. The molecule has 1 fully saturated rings. The van der Waals surface area contributed by atoms with Crippen molar-refractivity contribution in [1.29, 1.82) is 0 Å². The summed E-state index contributed by atoms with van der Waals surface area (Å²) >= 11 is 0. The minimum Gasteiger partial charge on any atom is -0.344 e. The van der Waals surface area contributed by atoms with E-state index < -0.39 is 6.04 Å². The van der Waals surface area contributed by atoms with Gasteiger partial charge >= 0.3 is 6.03 Å². The molecule has 1 aliphatic rings. The van der Waals surface area contributed by atoms with Gasteiger partial charge in [0.2, 0.25) is 11.8 Å². The minimum atomic E-state index is -0.499. The summed E-state index contributed by atoms with van der Waals surface area (Å²) in [7, 11) is 0. The molecule has 31 heavy (non-hydrogen) atoms. The number of amides is 4. The third-order valence-electron chi connectivity index (χ3n) is 6.17. The Labute approximate surface area is 189 Å². The molecule has 7 heteroatoms. The normalized spacial score (nSPS) is 18.6. The number of carbonyl (C=O) groups excluding carboxylic acids is 3. The Kier molecular flexibility index (Phi) is 12.6. The van der Waals surface area contributed by atoms with Gasteiger partial charge in [0.1, 0.15) is 6.04 Å². The second-order valence-electron chi connectivity index (χ2n) is 9.38. The molecule has 4 amide bonds. The van der Waals surface area contributed by atoms with Crippen molar-refractivity contribution in [2.75, 3.05) is 19.6 Å². The average molecular weight is 439 g/mol. The van der Waals surface area contributed by atoms with Crippen LogP contribution in [0.5, 0.6) is 0 Å². The fraction of sp³-hybridized carbons (Fsp3) is 0.875. The van der Waals surface area contributed by atoms with Gasteiger partial charge in [0.25, 0.3) is 0 Å². The molecule has 1 saturated heterocycles. The van der Waals surface area contributed by atoms with Crippen LogP contribution >= 0.6 is 0 Å². The highest BCUT2D eigenvalue weighted by atomic mass is 16.2. The van der Waals surface area contributed by atoms with Crippen molar-refractivity contribution >= 4 is 17.8 Å². The lowest BCUT2D eigenvalue weighted by atomic mass is 9.96. The smallest absolute Gasteiger partial charge is 0.317 e. The molecule has 0 aliphatic carbocycles. The molecule has 0 aromatic carbocycles. The van der Waals surface area contributed by atoms with Crippen LogP contribution in [-0.4, -0.2) is 65.4 Å². The van der Waals surface area contributed by atoms with Crippen LogP contribution in [0, 0.1) is 5.92 Å². The number of piperazine rings is 1. The molecular weight excluding hydrogens is 392 g/mol. The van der Waals surface area contributed by atoms with Gasteiger partial charge in [-0.3, -0.25) is 9.59 Å². The zero-order valence-electron chi connectivity index (χ0n) is 20.7. The quantitative estimate of drug-likeness (QED) is 0.453. The largest absolute Gasteiger partial charge is 0.344 e. The first-order valence-electron chi connectivity index (χ1n) is 12.4. The van der Waals surface area contributed by atoms with Gasteiger partial charge in [-0.15, -0.1) is 0 Å². The number of rotatable bonds is 12. The molecule has 0 spiro atoms. The molecule has 1 heterocycles. The van der Waals surface area contributed by atoms with Crippen molar-refractivity contribution in [3.05, 3.63) is 0 Å². The van der Waals surface area contributed by atoms with Gasteiger partial charge in [-0.1, -0.05) is 59.3 Å². The third-order valence-corrected chi connectivity index (χ3v) is 6.17. The molecule has 0 saturated carbocycles. The second-order valence-corrected chi connectivity index (χ2v) is 9.38. The molecule has 0 bridgehead atoms. The Balaban J connectivity index is 2.60. The minimum absolute atomic E-state index is 0.0265. The van der Waals surface area contributed by atoms with E-state index in [-0.39, 0.29) is 35.8 Å². The molecule has 1 aliphatic heterocycles. The third kappa shape index (κ3) is 9.48. The van der Waals surface area contributed by atoms with Crippen molar-refractivity contribution in [2.45, 2.75) is 111 Å². The highest BCUT2D eigenvalue weighted by Gasteiger charge is 2.35. The topological polar surface area (TPSA) is 81.8 Å². The first-order chi connectivity index (χ1) is 14.7. The summed E-state index contributed by atoms with van der Waals surface area (Å²) in [6.07, 6.45) is 8.10. The maximum absolute atomic E-state index is 13.3. The first-order valence-corrected chi connectivity index (χ1v) is 12.4. The highest BCUT2D eigenvalue weighted by molar-refractivity contribution is 5.88. The molecule has 0 radical (unpaired) electrons. The van der Waals surface area contributed by atoms with Crippen LogP contribution in [0.1, 0.15) is 92.9 Å². The molecule has 2 N–H and O–H groups in total. The Morgan fingerprint density at radius 1 is 0.935 bits per heavy atom. The van der Waals surface area contributed by atoms with E-state index in [1.165, 1.54) is 25.7 Å². The fourth-order valence-electron chi connectivity index (χ4n) is 3.98. The fourth-order valence-corrected chi connectivity index (χ4v) is 3.98. The summed E-state index contributed by atoms with van der Waals surface area (Å²) in [6, 6.07) is -0.565. The van der Waals surface area contributed by atoms with Gasteiger partial charge in [0.15, 0.2) is 0 Å². The predicted octanol–water partition coefficient (Wildman–Crippen LogP) is 3.92. The molecule has 180 valence electrons. The SMILES string of the molecule is CCCCCCCCC(=O)NC(C(=O)N1CCN(C(=O)NC(C)C)C(C)C1)C(C)CC. The summed E-state index contributed by atoms with van der Waals surface area (Å²) in [5, 5.41) is 5.94. The van der Waals surface area contributed by atoms with Crippen molar-refractivity contribution in [2.24, 2.45) is 5.92 Å². The zero-order valence-corrected chi connectivity index (χ0v) is 20.7. The lowest BCUT2D eigenvalue weighted by molar-refractivity contribution is -0.140. The summed E-state index contributed by atoms with van der Waals surface area (Å²) in [5.74, 6) is 0.0112. The summed E-state index contributed by atoms with van der Waals surface area (Å²) in [6.45, 7) is 13.6. The van der Waals surface area contributed by atoms with Crippen LogP contribution < -0.4 is 10.6 Å². The van der Waals surface area contributed by atoms with Gasteiger partial charge in [-0.2, -0.15) is 0 Å². The van der Waals surface area contributed by atoms with Crippen molar-refractivity contribution < 1.29 is 14.4 Å². The maximum atomic E-state index is 13.3. The standard InChI is InChI=1S/C24H46N4O3/c1-7-9-10-11-12-13-14-21(29)26-22(19(5)8-2)23(30)27-15-16-28(20(6)17-27)24(31)25-18(3)4/h18-20,22H,7-17H2,1-6H3,(H,25,31)(H,26,29). The van der Waals surface area contributed by atoms with Gasteiger partial charge in [0, 0.05) is 38.1 Å². The number of nitrogens with one attached hydrogen (secondary N) is 2. The monoisotopic (exact) mass is 438 g/mol. The number of unbranched alkanes of at least 4 members (excludes halogenated alkanes) is 5. The van der Waals surface area contributed by atoms with Crippen molar-refractivity contribution in [1.82, 2.24) is 20.4 Å². The van der Waals surface area contributed by atoms with E-state index in [9.17, 15) is 14.4 Å². The number of nitrogens with zero attached hydrogens (tertiary/aromatic N) is 2. The van der Waals surface area contributed by atoms with E-state index in [4.69, 9.17) is 0 Å². The number of hydrogen-bond donors (Lipinski definition) is 2. The molecule has 0 aromatic rings. The van der Waals surface area contributed by atoms with E-state index in [0.717, 1.165) is 19.3 Å². The predicted molar refractivity (Wildman–Crippen MR) is 126 cm³/mol. The Morgan fingerprint density at radius 3 is 2.16 bits per heavy atom. The van der Waals surface area contributed by atoms with E-state index in [1.807, 2.05) is 39.5 Å². The molecule has 0 aromatic heterocycles. The van der Waals surface area contributed by atoms with Crippen LogP contribution in [0.3, 0.4) is 0 Å². The van der Waals surface area contributed by atoms with Gasteiger partial charge < -0.3 is 20.4 Å². The van der Waals surface area contributed by atoms with Gasteiger partial charge in [-0.05, 0) is 33.1 Å². The molecule has 3 atom stereocenters. The van der Waals surface area contributed by atoms with Crippen LogP contribution in [0.25, 0.3) is 0 Å². The van der Waals surface area contributed by atoms with E-state index in [0.29, 0.717) is 26.1 Å². The van der Waals surface area contributed by atoms with Crippen molar-refractivity contribution in [3.63, 3.8) is 0 Å². The van der Waals surface area contributed by atoms with E-state index >= 15 is 0 Å². The van der Waals surface area contributed by atoms with Crippen molar-refractivity contribution in [3.8, 4) is 0 Å². The highest BCUT2D eigenvalue weighted by Crippen LogP contribution is 2.16. The Bertz CT molecular complexity index is 567. The molecule has 3 unspecified atom stereocenters.